The second kappa shape index (κ2) is 9.69. The maximum Gasteiger partial charge on any atom is 0.270 e. The minimum atomic E-state index is -0.128. The van der Waals surface area contributed by atoms with Crippen LogP contribution in [0.1, 0.15) is 61.0 Å². The Morgan fingerprint density at radius 3 is 2.71 bits per heavy atom. The third-order valence-electron chi connectivity index (χ3n) is 5.42. The molecule has 3 aromatic heterocycles. The third kappa shape index (κ3) is 5.19. The van der Waals surface area contributed by atoms with Crippen molar-refractivity contribution in [2.75, 3.05) is 19.6 Å². The van der Waals surface area contributed by atoms with E-state index in [0.29, 0.717) is 31.2 Å². The van der Waals surface area contributed by atoms with E-state index in [9.17, 15) is 9.59 Å². The van der Waals surface area contributed by atoms with Crippen molar-refractivity contribution < 1.29 is 9.59 Å². The predicted molar refractivity (Wildman–Crippen MR) is 121 cm³/mol. The van der Waals surface area contributed by atoms with Crippen LogP contribution in [0, 0.1) is 13.8 Å². The van der Waals surface area contributed by atoms with Crippen molar-refractivity contribution in [1.82, 2.24) is 29.7 Å². The lowest BCUT2D eigenvalue weighted by atomic mass is 9.97. The summed E-state index contributed by atoms with van der Waals surface area (Å²) in [6.45, 7) is 6.64. The van der Waals surface area contributed by atoms with Gasteiger partial charge in [0, 0.05) is 49.9 Å². The molecule has 0 aromatic carbocycles. The van der Waals surface area contributed by atoms with Gasteiger partial charge in [-0.1, -0.05) is 0 Å². The normalized spacial score (nSPS) is 14.7. The molecule has 1 N–H and O–H groups in total. The highest BCUT2D eigenvalue weighted by Crippen LogP contribution is 2.31. The lowest BCUT2D eigenvalue weighted by Crippen LogP contribution is -2.37. The summed E-state index contributed by atoms with van der Waals surface area (Å²) in [4.78, 5) is 40.8. The van der Waals surface area contributed by atoms with E-state index >= 15 is 0 Å². The third-order valence-corrected chi connectivity index (χ3v) is 7.49. The van der Waals surface area contributed by atoms with Gasteiger partial charge in [-0.05, 0) is 33.1 Å². The van der Waals surface area contributed by atoms with E-state index in [1.54, 1.807) is 12.5 Å². The number of rotatable bonds is 7. The van der Waals surface area contributed by atoms with E-state index in [2.05, 4.69) is 20.3 Å². The fraction of sp³-hybridized carbons (Fsp3) is 0.476. The first-order valence-electron chi connectivity index (χ1n) is 10.4. The van der Waals surface area contributed by atoms with E-state index in [1.807, 2.05) is 34.9 Å². The summed E-state index contributed by atoms with van der Waals surface area (Å²) in [7, 11) is 0. The van der Waals surface area contributed by atoms with Crippen molar-refractivity contribution in [1.29, 1.82) is 0 Å². The highest BCUT2D eigenvalue weighted by molar-refractivity contribution is 7.13. The van der Waals surface area contributed by atoms with Crippen LogP contribution in [0.5, 0.6) is 0 Å². The number of likely N-dealkylation sites (tertiary alicyclic amines) is 1. The maximum absolute atomic E-state index is 12.8. The first-order valence-corrected chi connectivity index (χ1v) is 12.1. The van der Waals surface area contributed by atoms with Gasteiger partial charge in [0.25, 0.3) is 11.8 Å². The molecule has 164 valence electrons. The first kappa shape index (κ1) is 21.6. The summed E-state index contributed by atoms with van der Waals surface area (Å²) >= 11 is 3.00. The number of hydrogen-bond acceptors (Lipinski definition) is 7. The molecule has 4 heterocycles. The van der Waals surface area contributed by atoms with Crippen molar-refractivity contribution in [3.05, 3.63) is 50.4 Å². The molecule has 1 aliphatic rings. The fourth-order valence-corrected chi connectivity index (χ4v) is 5.61. The number of imidazole rings is 1. The standard InChI is InChI=1S/C21H26N6O2S2/c1-14-18(31-15(2)24-14)21(29)27-9-4-16(5-10-27)20-25-17(12-30-20)19(28)23-6-3-8-26-11-7-22-13-26/h7,11-13,16H,3-6,8-10H2,1-2H3,(H,23,28). The van der Waals surface area contributed by atoms with Crippen molar-refractivity contribution in [2.45, 2.75) is 45.6 Å². The highest BCUT2D eigenvalue weighted by Gasteiger charge is 2.28. The fourth-order valence-electron chi connectivity index (χ4n) is 3.76. The molecule has 3 aromatic rings. The zero-order valence-electron chi connectivity index (χ0n) is 17.7. The van der Waals surface area contributed by atoms with E-state index in [4.69, 9.17) is 0 Å². The molecule has 8 nitrogen and oxygen atoms in total. The number of carbonyl (C=O) groups excluding carboxylic acids is 2. The minimum Gasteiger partial charge on any atom is -0.351 e. The van der Waals surface area contributed by atoms with Gasteiger partial charge in [0.1, 0.15) is 10.6 Å². The summed E-state index contributed by atoms with van der Waals surface area (Å²) in [5.74, 6) is 0.245. The van der Waals surface area contributed by atoms with Crippen LogP contribution in [-0.2, 0) is 6.54 Å². The summed E-state index contributed by atoms with van der Waals surface area (Å²) in [5.41, 5.74) is 1.30. The molecule has 2 amide bonds. The second-order valence-electron chi connectivity index (χ2n) is 7.69. The molecule has 0 spiro atoms. The molecular weight excluding hydrogens is 432 g/mol. The molecule has 1 fully saturated rings. The Balaban J connectivity index is 1.25. The molecule has 1 saturated heterocycles. The molecule has 0 unspecified atom stereocenters. The molecule has 0 bridgehead atoms. The molecule has 0 saturated carbocycles. The second-order valence-corrected chi connectivity index (χ2v) is 9.79. The predicted octanol–water partition coefficient (Wildman–Crippen LogP) is 3.25. The number of aryl methyl sites for hydroxylation is 3. The average molecular weight is 459 g/mol. The molecule has 1 aliphatic heterocycles. The molecule has 4 rings (SSSR count). The number of amides is 2. The van der Waals surface area contributed by atoms with Crippen LogP contribution in [0.15, 0.2) is 24.1 Å². The van der Waals surface area contributed by atoms with Gasteiger partial charge in [0.2, 0.25) is 0 Å². The SMILES string of the molecule is Cc1nc(C)c(C(=O)N2CCC(c3nc(C(=O)NCCCn4ccnc4)cs3)CC2)s1. The molecule has 0 atom stereocenters. The maximum atomic E-state index is 12.8. The molecule has 0 radical (unpaired) electrons. The van der Waals surface area contributed by atoms with E-state index in [-0.39, 0.29) is 11.8 Å². The number of nitrogens with one attached hydrogen (secondary N) is 1. The molecule has 10 heteroatoms. The Kier molecular flexibility index (Phi) is 6.77. The number of thiazole rings is 2. The number of piperidine rings is 1. The Morgan fingerprint density at radius 2 is 2.03 bits per heavy atom. The summed E-state index contributed by atoms with van der Waals surface area (Å²) in [6, 6.07) is 0. The topological polar surface area (TPSA) is 93.0 Å². The van der Waals surface area contributed by atoms with Gasteiger partial charge >= 0.3 is 0 Å². The van der Waals surface area contributed by atoms with Crippen molar-refractivity contribution in [2.24, 2.45) is 0 Å². The smallest absolute Gasteiger partial charge is 0.270 e. The minimum absolute atomic E-state index is 0.0800. The van der Waals surface area contributed by atoms with E-state index in [0.717, 1.165) is 46.4 Å². The van der Waals surface area contributed by atoms with Gasteiger partial charge in [-0.25, -0.2) is 15.0 Å². The largest absolute Gasteiger partial charge is 0.351 e. The van der Waals surface area contributed by atoms with Gasteiger partial charge in [-0.15, -0.1) is 22.7 Å². The number of hydrogen-bond donors (Lipinski definition) is 1. The van der Waals surface area contributed by atoms with Crippen LogP contribution < -0.4 is 5.32 Å². The summed E-state index contributed by atoms with van der Waals surface area (Å²) in [5, 5.41) is 6.68. The Bertz CT molecular complexity index is 1030. The van der Waals surface area contributed by atoms with Crippen LogP contribution in [0.3, 0.4) is 0 Å². The monoisotopic (exact) mass is 458 g/mol. The van der Waals surface area contributed by atoms with Gasteiger partial charge in [-0.3, -0.25) is 9.59 Å². The zero-order chi connectivity index (χ0) is 21.8. The van der Waals surface area contributed by atoms with Gasteiger partial charge in [-0.2, -0.15) is 0 Å². The summed E-state index contributed by atoms with van der Waals surface area (Å²) < 4.78 is 1.99. The van der Waals surface area contributed by atoms with Crippen molar-refractivity contribution in [3.8, 4) is 0 Å². The van der Waals surface area contributed by atoms with E-state index in [1.165, 1.54) is 22.7 Å². The lowest BCUT2D eigenvalue weighted by Gasteiger charge is -2.30. The first-order chi connectivity index (χ1) is 15.0. The Hall–Kier alpha value is -2.59. The number of aromatic nitrogens is 4. The quantitative estimate of drug-likeness (QED) is 0.549. The van der Waals surface area contributed by atoms with Gasteiger partial charge in [0.15, 0.2) is 0 Å². The molecule has 0 aliphatic carbocycles. The zero-order valence-corrected chi connectivity index (χ0v) is 19.3. The van der Waals surface area contributed by atoms with Crippen LogP contribution in [0.4, 0.5) is 0 Å². The Labute approximate surface area is 189 Å². The molecular formula is C21H26N6O2S2. The van der Waals surface area contributed by atoms with Gasteiger partial charge in [0.05, 0.1) is 22.0 Å². The van der Waals surface area contributed by atoms with Crippen LogP contribution >= 0.6 is 22.7 Å². The number of carbonyl (C=O) groups is 2. The number of nitrogens with zero attached hydrogens (tertiary/aromatic N) is 5. The Morgan fingerprint density at radius 1 is 1.23 bits per heavy atom. The van der Waals surface area contributed by atoms with Crippen molar-refractivity contribution >= 4 is 34.5 Å². The van der Waals surface area contributed by atoms with Crippen LogP contribution in [0.2, 0.25) is 0 Å². The van der Waals surface area contributed by atoms with Crippen molar-refractivity contribution in [3.63, 3.8) is 0 Å². The average Bonchev–Trinajstić information content (AvgIpc) is 3.52. The van der Waals surface area contributed by atoms with E-state index < -0.39 is 0 Å². The van der Waals surface area contributed by atoms with Crippen LogP contribution in [0.25, 0.3) is 0 Å². The molecule has 31 heavy (non-hydrogen) atoms. The van der Waals surface area contributed by atoms with Gasteiger partial charge < -0.3 is 14.8 Å². The lowest BCUT2D eigenvalue weighted by molar-refractivity contribution is 0.0717. The highest BCUT2D eigenvalue weighted by atomic mass is 32.1. The van der Waals surface area contributed by atoms with Crippen LogP contribution in [-0.4, -0.2) is 55.9 Å². The summed E-state index contributed by atoms with van der Waals surface area (Å²) in [6.07, 6.45) is 7.99.